The van der Waals surface area contributed by atoms with Crippen LogP contribution in [0.5, 0.6) is 5.75 Å². The molecule has 0 radical (unpaired) electrons. The molecule has 19 heavy (non-hydrogen) atoms. The van der Waals surface area contributed by atoms with E-state index in [0.717, 1.165) is 43.5 Å². The zero-order chi connectivity index (χ0) is 13.7. The summed E-state index contributed by atoms with van der Waals surface area (Å²) >= 11 is 6.20. The number of benzene rings is 1. The number of ether oxygens (including phenoxy) is 1. The zero-order valence-electron chi connectivity index (χ0n) is 11.4. The van der Waals surface area contributed by atoms with E-state index in [9.17, 15) is 5.11 Å². The Hall–Kier alpha value is -0.930. The molecule has 1 fully saturated rings. The highest BCUT2D eigenvalue weighted by molar-refractivity contribution is 6.32. The fourth-order valence-corrected chi connectivity index (χ4v) is 2.61. The second-order valence-electron chi connectivity index (χ2n) is 5.14. The van der Waals surface area contributed by atoms with Gasteiger partial charge in [0, 0.05) is 11.7 Å². The van der Waals surface area contributed by atoms with Gasteiger partial charge >= 0.3 is 0 Å². The molecule has 2 N–H and O–H groups in total. The van der Waals surface area contributed by atoms with Crippen molar-refractivity contribution in [3.63, 3.8) is 0 Å². The molecule has 0 aliphatic heterocycles. The van der Waals surface area contributed by atoms with E-state index in [-0.39, 0.29) is 6.10 Å². The van der Waals surface area contributed by atoms with Crippen molar-refractivity contribution in [1.29, 1.82) is 0 Å². The molecule has 106 valence electrons. The first-order chi connectivity index (χ1) is 9.19. The van der Waals surface area contributed by atoms with E-state index in [1.54, 1.807) is 0 Å². The van der Waals surface area contributed by atoms with Gasteiger partial charge in [-0.2, -0.15) is 0 Å². The molecule has 2 rings (SSSR count). The van der Waals surface area contributed by atoms with E-state index in [0.29, 0.717) is 17.7 Å². The smallest absolute Gasteiger partial charge is 0.138 e. The molecule has 0 unspecified atom stereocenters. The highest BCUT2D eigenvalue weighted by atomic mass is 35.5. The lowest BCUT2D eigenvalue weighted by Gasteiger charge is -2.27. The number of rotatable bonds is 5. The minimum absolute atomic E-state index is 0.119. The van der Waals surface area contributed by atoms with Crippen LogP contribution < -0.4 is 10.1 Å². The number of aliphatic hydroxyl groups is 1. The molecule has 0 spiro atoms. The fraction of sp³-hybridized carbons (Fsp3) is 0.600. The fourth-order valence-electron chi connectivity index (χ4n) is 2.38. The predicted octanol–water partition coefficient (Wildman–Crippen LogP) is 3.84. The molecular weight excluding hydrogens is 262 g/mol. The third-order valence-corrected chi connectivity index (χ3v) is 3.76. The first kappa shape index (κ1) is 14.5. The lowest BCUT2D eigenvalue weighted by atomic mass is 9.93. The van der Waals surface area contributed by atoms with Crippen molar-refractivity contribution in [3.8, 4) is 5.75 Å². The van der Waals surface area contributed by atoms with Crippen LogP contribution in [0.15, 0.2) is 18.2 Å². The Kier molecular flexibility index (Phi) is 5.34. The van der Waals surface area contributed by atoms with E-state index in [1.807, 2.05) is 18.2 Å². The van der Waals surface area contributed by atoms with Crippen LogP contribution in [0.1, 0.15) is 39.0 Å². The molecule has 1 aliphatic rings. The van der Waals surface area contributed by atoms with Crippen LogP contribution in [0.4, 0.5) is 5.69 Å². The van der Waals surface area contributed by atoms with Crippen molar-refractivity contribution in [3.05, 3.63) is 23.2 Å². The molecule has 1 aromatic rings. The molecule has 0 saturated heterocycles. The average molecular weight is 284 g/mol. The Bertz CT molecular complexity index is 403. The van der Waals surface area contributed by atoms with E-state index in [4.69, 9.17) is 16.3 Å². The lowest BCUT2D eigenvalue weighted by Crippen LogP contribution is -2.28. The molecule has 0 bridgehead atoms. The second kappa shape index (κ2) is 7.01. The van der Waals surface area contributed by atoms with Gasteiger partial charge in [-0.05, 0) is 50.3 Å². The van der Waals surface area contributed by atoms with Gasteiger partial charge in [0.25, 0.3) is 0 Å². The van der Waals surface area contributed by atoms with Gasteiger partial charge < -0.3 is 15.2 Å². The Morgan fingerprint density at radius 2 is 2.05 bits per heavy atom. The van der Waals surface area contributed by atoms with Crippen LogP contribution in [0.25, 0.3) is 0 Å². The summed E-state index contributed by atoms with van der Waals surface area (Å²) in [6.07, 6.45) is 4.62. The Balaban J connectivity index is 1.92. The largest absolute Gasteiger partial charge is 0.492 e. The second-order valence-corrected chi connectivity index (χ2v) is 5.55. The monoisotopic (exact) mass is 283 g/mol. The van der Waals surface area contributed by atoms with Crippen LogP contribution in [0.3, 0.4) is 0 Å². The van der Waals surface area contributed by atoms with Gasteiger partial charge in [0.2, 0.25) is 0 Å². The summed E-state index contributed by atoms with van der Waals surface area (Å²) in [6.45, 7) is 2.76. The zero-order valence-corrected chi connectivity index (χ0v) is 12.1. The molecule has 1 aliphatic carbocycles. The molecule has 0 amide bonds. The topological polar surface area (TPSA) is 41.5 Å². The quantitative estimate of drug-likeness (QED) is 0.862. The van der Waals surface area contributed by atoms with Crippen LogP contribution in [-0.2, 0) is 0 Å². The summed E-state index contributed by atoms with van der Waals surface area (Å²) in [4.78, 5) is 0. The van der Waals surface area contributed by atoms with E-state index < -0.39 is 0 Å². The normalized spacial score (nSPS) is 23.1. The van der Waals surface area contributed by atoms with Crippen LogP contribution in [0, 0.1) is 0 Å². The first-order valence-corrected chi connectivity index (χ1v) is 7.43. The van der Waals surface area contributed by atoms with Crippen molar-refractivity contribution in [2.24, 2.45) is 0 Å². The standard InChI is InChI=1S/C15H22ClNO2/c1-2-9-19-15-8-5-12(10-14(15)16)17-11-3-6-13(18)7-4-11/h5,8,10-11,13,17-18H,2-4,6-7,9H2,1H3. The van der Waals surface area contributed by atoms with Crippen molar-refractivity contribution in [2.75, 3.05) is 11.9 Å². The molecule has 0 heterocycles. The van der Waals surface area contributed by atoms with E-state index in [1.165, 1.54) is 0 Å². The Morgan fingerprint density at radius 1 is 1.32 bits per heavy atom. The van der Waals surface area contributed by atoms with Crippen LogP contribution in [0.2, 0.25) is 5.02 Å². The average Bonchev–Trinajstić information content (AvgIpc) is 2.41. The van der Waals surface area contributed by atoms with E-state index >= 15 is 0 Å². The molecule has 0 atom stereocenters. The van der Waals surface area contributed by atoms with Gasteiger partial charge in [-0.15, -0.1) is 0 Å². The molecule has 3 nitrogen and oxygen atoms in total. The highest BCUT2D eigenvalue weighted by Gasteiger charge is 2.19. The van der Waals surface area contributed by atoms with Gasteiger partial charge in [-0.1, -0.05) is 18.5 Å². The highest BCUT2D eigenvalue weighted by Crippen LogP contribution is 2.29. The summed E-state index contributed by atoms with van der Waals surface area (Å²) < 4.78 is 5.55. The predicted molar refractivity (Wildman–Crippen MR) is 79.1 cm³/mol. The van der Waals surface area contributed by atoms with Gasteiger partial charge in [-0.3, -0.25) is 0 Å². The SMILES string of the molecule is CCCOc1ccc(NC2CCC(O)CC2)cc1Cl. The van der Waals surface area contributed by atoms with Gasteiger partial charge in [0.1, 0.15) is 5.75 Å². The summed E-state index contributed by atoms with van der Waals surface area (Å²) in [6, 6.07) is 6.26. The molecule has 4 heteroatoms. The summed E-state index contributed by atoms with van der Waals surface area (Å²) in [5.41, 5.74) is 1.02. The van der Waals surface area contributed by atoms with Crippen LogP contribution >= 0.6 is 11.6 Å². The maximum Gasteiger partial charge on any atom is 0.138 e. The Labute approximate surface area is 119 Å². The van der Waals surface area contributed by atoms with Gasteiger partial charge in [-0.25, -0.2) is 0 Å². The van der Waals surface area contributed by atoms with Crippen molar-refractivity contribution >= 4 is 17.3 Å². The number of nitrogens with one attached hydrogen (secondary N) is 1. The first-order valence-electron chi connectivity index (χ1n) is 7.06. The van der Waals surface area contributed by atoms with Crippen LogP contribution in [-0.4, -0.2) is 23.9 Å². The maximum absolute atomic E-state index is 9.49. The number of anilines is 1. The summed E-state index contributed by atoms with van der Waals surface area (Å²) in [7, 11) is 0. The van der Waals surface area contributed by atoms with Crippen molar-refractivity contribution < 1.29 is 9.84 Å². The number of aliphatic hydroxyl groups excluding tert-OH is 1. The summed E-state index contributed by atoms with van der Waals surface area (Å²) in [5, 5.41) is 13.6. The lowest BCUT2D eigenvalue weighted by molar-refractivity contribution is 0.126. The molecule has 0 aromatic heterocycles. The Morgan fingerprint density at radius 3 is 2.68 bits per heavy atom. The van der Waals surface area contributed by atoms with E-state index in [2.05, 4.69) is 12.2 Å². The molecule has 1 saturated carbocycles. The number of hydrogen-bond acceptors (Lipinski definition) is 3. The summed E-state index contributed by atoms with van der Waals surface area (Å²) in [5.74, 6) is 0.744. The minimum atomic E-state index is -0.119. The molecule has 1 aromatic carbocycles. The molecular formula is C15H22ClNO2. The van der Waals surface area contributed by atoms with Crippen molar-refractivity contribution in [1.82, 2.24) is 0 Å². The number of hydrogen-bond donors (Lipinski definition) is 2. The minimum Gasteiger partial charge on any atom is -0.492 e. The third-order valence-electron chi connectivity index (χ3n) is 3.46. The van der Waals surface area contributed by atoms with Gasteiger partial charge in [0.05, 0.1) is 17.7 Å². The van der Waals surface area contributed by atoms with Crippen molar-refractivity contribution in [2.45, 2.75) is 51.2 Å². The van der Waals surface area contributed by atoms with Gasteiger partial charge in [0.15, 0.2) is 0 Å². The number of halogens is 1. The third kappa shape index (κ3) is 4.29. The maximum atomic E-state index is 9.49.